The monoisotopic (exact) mass is 178 g/mol. The highest BCUT2D eigenvalue weighted by atomic mass is 16.1. The number of aryl methyl sites for hydroxylation is 1. The van der Waals surface area contributed by atoms with Crippen molar-refractivity contribution in [3.05, 3.63) is 30.4 Å². The highest BCUT2D eigenvalue weighted by Crippen LogP contribution is 1.97. The minimum Gasteiger partial charge on any atom is -0.338 e. The number of rotatable bonds is 4. The molecule has 1 aromatic rings. The van der Waals surface area contributed by atoms with Crippen molar-refractivity contribution in [1.82, 2.24) is 9.55 Å². The minimum atomic E-state index is 0.108. The Kier molecular flexibility index (Phi) is 3.43. The molecule has 0 N–H and O–H groups in total. The molecule has 0 radical (unpaired) electrons. The van der Waals surface area contributed by atoms with Gasteiger partial charge in [-0.2, -0.15) is 0 Å². The van der Waals surface area contributed by atoms with E-state index in [1.54, 1.807) is 12.3 Å². The first kappa shape index (κ1) is 9.71. The summed E-state index contributed by atoms with van der Waals surface area (Å²) in [7, 11) is 1.89. The number of hydrogen-bond acceptors (Lipinski definition) is 2. The number of aromatic nitrogens is 2. The maximum Gasteiger partial charge on any atom is 0.162 e. The molecule has 0 atom stereocenters. The number of carbonyl (C=O) groups excluding carboxylic acids is 1. The van der Waals surface area contributed by atoms with Gasteiger partial charge in [-0.3, -0.25) is 4.79 Å². The van der Waals surface area contributed by atoms with E-state index >= 15 is 0 Å². The Morgan fingerprint density at radius 3 is 3.00 bits per heavy atom. The highest BCUT2D eigenvalue weighted by molar-refractivity contribution is 5.90. The molecule has 0 aliphatic carbocycles. The Morgan fingerprint density at radius 1 is 1.69 bits per heavy atom. The molecule has 0 saturated heterocycles. The minimum absolute atomic E-state index is 0.108. The van der Waals surface area contributed by atoms with E-state index in [2.05, 4.69) is 4.98 Å². The Morgan fingerprint density at radius 2 is 2.46 bits per heavy atom. The van der Waals surface area contributed by atoms with Crippen LogP contribution in [0.3, 0.4) is 0 Å². The van der Waals surface area contributed by atoms with E-state index in [1.165, 1.54) is 0 Å². The lowest BCUT2D eigenvalue weighted by atomic mass is 10.2. The average Bonchev–Trinajstić information content (AvgIpc) is 2.48. The number of ketones is 1. The third kappa shape index (κ3) is 2.86. The van der Waals surface area contributed by atoms with Crippen molar-refractivity contribution in [3.63, 3.8) is 0 Å². The first-order chi connectivity index (χ1) is 6.24. The summed E-state index contributed by atoms with van der Waals surface area (Å²) < 4.78 is 1.86. The number of allylic oxidation sites excluding steroid dienone is 2. The van der Waals surface area contributed by atoms with Crippen LogP contribution in [0.5, 0.6) is 0 Å². The van der Waals surface area contributed by atoms with Crippen LogP contribution in [0.15, 0.2) is 24.5 Å². The molecule has 1 aromatic heterocycles. The van der Waals surface area contributed by atoms with E-state index < -0.39 is 0 Å². The second kappa shape index (κ2) is 4.60. The Hall–Kier alpha value is -1.38. The van der Waals surface area contributed by atoms with E-state index in [0.29, 0.717) is 6.42 Å². The van der Waals surface area contributed by atoms with Gasteiger partial charge < -0.3 is 4.57 Å². The molecule has 1 rings (SSSR count). The van der Waals surface area contributed by atoms with E-state index in [4.69, 9.17) is 0 Å². The van der Waals surface area contributed by atoms with Gasteiger partial charge in [-0.05, 0) is 12.5 Å². The van der Waals surface area contributed by atoms with Crippen LogP contribution in [0.4, 0.5) is 0 Å². The quantitative estimate of drug-likeness (QED) is 0.655. The van der Waals surface area contributed by atoms with Gasteiger partial charge in [0.2, 0.25) is 0 Å². The molecular weight excluding hydrogens is 164 g/mol. The predicted octanol–water partition coefficient (Wildman–Crippen LogP) is 1.50. The normalized spacial score (nSPS) is 10.9. The fourth-order valence-electron chi connectivity index (χ4n) is 1.03. The van der Waals surface area contributed by atoms with Crippen LogP contribution in [0.1, 0.15) is 19.2 Å². The van der Waals surface area contributed by atoms with Gasteiger partial charge in [-0.1, -0.05) is 13.0 Å². The van der Waals surface area contributed by atoms with Crippen molar-refractivity contribution >= 4 is 5.78 Å². The molecule has 1 heterocycles. The summed E-state index contributed by atoms with van der Waals surface area (Å²) in [5, 5.41) is 0. The fraction of sp³-hybridized carbons (Fsp3) is 0.400. The van der Waals surface area contributed by atoms with Gasteiger partial charge in [-0.25, -0.2) is 4.98 Å². The maximum atomic E-state index is 11.3. The van der Waals surface area contributed by atoms with E-state index in [0.717, 1.165) is 12.2 Å². The lowest BCUT2D eigenvalue weighted by Gasteiger charge is -1.96. The molecule has 3 heteroatoms. The zero-order valence-corrected chi connectivity index (χ0v) is 8.03. The summed E-state index contributed by atoms with van der Waals surface area (Å²) >= 11 is 0. The summed E-state index contributed by atoms with van der Waals surface area (Å²) in [6.07, 6.45) is 8.31. The van der Waals surface area contributed by atoms with Gasteiger partial charge in [0, 0.05) is 19.4 Å². The topological polar surface area (TPSA) is 34.9 Å². The van der Waals surface area contributed by atoms with Crippen LogP contribution in [0.2, 0.25) is 0 Å². The molecule has 0 bridgehead atoms. The summed E-state index contributed by atoms with van der Waals surface area (Å²) in [6.45, 7) is 2.00. The molecular formula is C10H14N2O. The van der Waals surface area contributed by atoms with Gasteiger partial charge in [0.1, 0.15) is 5.82 Å². The zero-order valence-electron chi connectivity index (χ0n) is 8.03. The van der Waals surface area contributed by atoms with Crippen molar-refractivity contribution in [2.24, 2.45) is 7.05 Å². The van der Waals surface area contributed by atoms with Gasteiger partial charge >= 0.3 is 0 Å². The molecule has 0 aromatic carbocycles. The second-order valence-electron chi connectivity index (χ2n) is 2.91. The highest BCUT2D eigenvalue weighted by Gasteiger charge is 2.03. The third-order valence-corrected chi connectivity index (χ3v) is 1.79. The Bertz CT molecular complexity index is 312. The van der Waals surface area contributed by atoms with Crippen molar-refractivity contribution < 1.29 is 4.79 Å². The summed E-state index contributed by atoms with van der Waals surface area (Å²) in [4.78, 5) is 15.4. The largest absolute Gasteiger partial charge is 0.338 e. The first-order valence-corrected chi connectivity index (χ1v) is 4.39. The standard InChI is InChI=1S/C10H14N2O/c1-3-4-5-9(13)8-10-11-6-7-12(10)2/h4-7H,3,8H2,1-2H3/b5-4+. The molecule has 0 spiro atoms. The van der Waals surface area contributed by atoms with Crippen LogP contribution in [0.25, 0.3) is 0 Å². The van der Waals surface area contributed by atoms with Crippen LogP contribution in [-0.2, 0) is 18.3 Å². The van der Waals surface area contributed by atoms with E-state index in [-0.39, 0.29) is 5.78 Å². The first-order valence-electron chi connectivity index (χ1n) is 4.39. The molecule has 3 nitrogen and oxygen atoms in total. The van der Waals surface area contributed by atoms with E-state index in [1.807, 2.05) is 30.8 Å². The zero-order chi connectivity index (χ0) is 9.68. The van der Waals surface area contributed by atoms with E-state index in [9.17, 15) is 4.79 Å². The number of nitrogens with zero attached hydrogens (tertiary/aromatic N) is 2. The fourth-order valence-corrected chi connectivity index (χ4v) is 1.03. The molecule has 0 amide bonds. The molecule has 0 saturated carbocycles. The van der Waals surface area contributed by atoms with Crippen molar-refractivity contribution in [1.29, 1.82) is 0 Å². The second-order valence-corrected chi connectivity index (χ2v) is 2.91. The van der Waals surface area contributed by atoms with Crippen LogP contribution in [-0.4, -0.2) is 15.3 Å². The van der Waals surface area contributed by atoms with Crippen LogP contribution < -0.4 is 0 Å². The average molecular weight is 178 g/mol. The van der Waals surface area contributed by atoms with Crippen molar-refractivity contribution in [3.8, 4) is 0 Å². The van der Waals surface area contributed by atoms with Gasteiger partial charge in [0.25, 0.3) is 0 Å². The molecule has 0 unspecified atom stereocenters. The van der Waals surface area contributed by atoms with Crippen molar-refractivity contribution in [2.45, 2.75) is 19.8 Å². The Labute approximate surface area is 78.1 Å². The number of imidazole rings is 1. The molecule has 0 aliphatic rings. The third-order valence-electron chi connectivity index (χ3n) is 1.79. The number of hydrogen-bond donors (Lipinski definition) is 0. The smallest absolute Gasteiger partial charge is 0.162 e. The summed E-state index contributed by atoms with van der Waals surface area (Å²) in [5.41, 5.74) is 0. The number of carbonyl (C=O) groups is 1. The summed E-state index contributed by atoms with van der Waals surface area (Å²) in [6, 6.07) is 0. The predicted molar refractivity (Wildman–Crippen MR) is 51.4 cm³/mol. The van der Waals surface area contributed by atoms with Gasteiger partial charge in [0.05, 0.1) is 6.42 Å². The van der Waals surface area contributed by atoms with Crippen LogP contribution >= 0.6 is 0 Å². The summed E-state index contributed by atoms with van der Waals surface area (Å²) in [5.74, 6) is 0.918. The van der Waals surface area contributed by atoms with Crippen molar-refractivity contribution in [2.75, 3.05) is 0 Å². The molecule has 0 fully saturated rings. The Balaban J connectivity index is 2.55. The van der Waals surface area contributed by atoms with Gasteiger partial charge in [-0.15, -0.1) is 0 Å². The maximum absolute atomic E-state index is 11.3. The molecule has 70 valence electrons. The molecule has 13 heavy (non-hydrogen) atoms. The lowest BCUT2D eigenvalue weighted by Crippen LogP contribution is -2.04. The van der Waals surface area contributed by atoms with Gasteiger partial charge in [0.15, 0.2) is 5.78 Å². The molecule has 0 aliphatic heterocycles. The lowest BCUT2D eigenvalue weighted by molar-refractivity contribution is -0.114. The SMILES string of the molecule is CC/C=C/C(=O)Cc1nccn1C. The van der Waals surface area contributed by atoms with Crippen LogP contribution in [0, 0.1) is 0 Å².